The van der Waals surface area contributed by atoms with Crippen LogP contribution in [0.2, 0.25) is 10.0 Å². The van der Waals surface area contributed by atoms with Crippen molar-refractivity contribution in [2.75, 3.05) is 24.7 Å². The summed E-state index contributed by atoms with van der Waals surface area (Å²) in [6.07, 6.45) is 0. The topological polar surface area (TPSA) is 24.1 Å². The van der Waals surface area contributed by atoms with E-state index < -0.39 is 0 Å². The second kappa shape index (κ2) is 3.87. The fourth-order valence-corrected chi connectivity index (χ4v) is 1.63. The molecule has 2 nitrogen and oxygen atoms in total. The molecule has 0 atom stereocenters. The summed E-state index contributed by atoms with van der Waals surface area (Å²) in [5.74, 6) is 0. The third-order valence-corrected chi connectivity index (χ3v) is 2.18. The molecule has 0 saturated carbocycles. The standard InChI is InChI=1S/C8H10Cl2N2/c1-11-5-3-6(9)8(12-2)7(10)4-5/h3-4,11-12H,1-2H3. The van der Waals surface area contributed by atoms with Crippen molar-refractivity contribution in [3.63, 3.8) is 0 Å². The van der Waals surface area contributed by atoms with E-state index in [1.54, 1.807) is 7.05 Å². The van der Waals surface area contributed by atoms with Crippen molar-refractivity contribution >= 4 is 34.6 Å². The van der Waals surface area contributed by atoms with Gasteiger partial charge in [-0.3, -0.25) is 0 Å². The first-order valence-electron chi connectivity index (χ1n) is 3.53. The number of hydrogen-bond donors (Lipinski definition) is 2. The SMILES string of the molecule is CNc1cc(Cl)c(NC)c(Cl)c1. The summed E-state index contributed by atoms with van der Waals surface area (Å²) in [6.45, 7) is 0. The van der Waals surface area contributed by atoms with Gasteiger partial charge >= 0.3 is 0 Å². The average Bonchev–Trinajstić information content (AvgIpc) is 2.03. The number of rotatable bonds is 2. The summed E-state index contributed by atoms with van der Waals surface area (Å²) in [7, 11) is 3.60. The van der Waals surface area contributed by atoms with Crippen LogP contribution < -0.4 is 10.6 Å². The molecule has 4 heteroatoms. The van der Waals surface area contributed by atoms with Crippen molar-refractivity contribution < 1.29 is 0 Å². The van der Waals surface area contributed by atoms with Crippen molar-refractivity contribution in [3.8, 4) is 0 Å². The molecule has 0 unspecified atom stereocenters. The molecule has 0 aliphatic heterocycles. The Bertz CT molecular complexity index is 263. The Hall–Kier alpha value is -0.600. The van der Waals surface area contributed by atoms with Gasteiger partial charge in [0.15, 0.2) is 0 Å². The lowest BCUT2D eigenvalue weighted by atomic mass is 10.3. The number of nitrogens with one attached hydrogen (secondary N) is 2. The Balaban J connectivity index is 3.18. The zero-order chi connectivity index (χ0) is 9.14. The summed E-state index contributed by atoms with van der Waals surface area (Å²) in [4.78, 5) is 0. The van der Waals surface area contributed by atoms with Crippen molar-refractivity contribution in [2.24, 2.45) is 0 Å². The third-order valence-electron chi connectivity index (χ3n) is 1.58. The molecule has 0 saturated heterocycles. The van der Waals surface area contributed by atoms with Gasteiger partial charge in [0.25, 0.3) is 0 Å². The van der Waals surface area contributed by atoms with Crippen LogP contribution in [0.5, 0.6) is 0 Å². The van der Waals surface area contributed by atoms with Crippen molar-refractivity contribution in [3.05, 3.63) is 22.2 Å². The Morgan fingerprint density at radius 2 is 1.50 bits per heavy atom. The van der Waals surface area contributed by atoms with Crippen LogP contribution in [-0.2, 0) is 0 Å². The number of benzene rings is 1. The van der Waals surface area contributed by atoms with Crippen molar-refractivity contribution in [2.45, 2.75) is 0 Å². The van der Waals surface area contributed by atoms with Gasteiger partial charge in [0, 0.05) is 19.8 Å². The van der Waals surface area contributed by atoms with Crippen LogP contribution in [0.15, 0.2) is 12.1 Å². The summed E-state index contributed by atoms with van der Waals surface area (Å²) in [6, 6.07) is 3.64. The average molecular weight is 205 g/mol. The zero-order valence-electron chi connectivity index (χ0n) is 6.91. The lowest BCUT2D eigenvalue weighted by molar-refractivity contribution is 1.47. The second-order valence-corrected chi connectivity index (χ2v) is 3.13. The van der Waals surface area contributed by atoms with Crippen LogP contribution in [0.3, 0.4) is 0 Å². The van der Waals surface area contributed by atoms with E-state index in [1.807, 2.05) is 19.2 Å². The predicted molar refractivity (Wildman–Crippen MR) is 55.6 cm³/mol. The molecule has 0 bridgehead atoms. The molecule has 0 aliphatic carbocycles. The van der Waals surface area contributed by atoms with Gasteiger partial charge < -0.3 is 10.6 Å². The molecule has 0 amide bonds. The van der Waals surface area contributed by atoms with Crippen LogP contribution in [0.1, 0.15) is 0 Å². The van der Waals surface area contributed by atoms with Gasteiger partial charge in [-0.1, -0.05) is 23.2 Å². The van der Waals surface area contributed by atoms with Gasteiger partial charge in [-0.05, 0) is 12.1 Å². The van der Waals surface area contributed by atoms with Gasteiger partial charge in [0.05, 0.1) is 15.7 Å². The molecule has 12 heavy (non-hydrogen) atoms. The van der Waals surface area contributed by atoms with Gasteiger partial charge in [0.1, 0.15) is 0 Å². The maximum atomic E-state index is 5.93. The Labute approximate surface area is 81.9 Å². The molecule has 1 aromatic rings. The Kier molecular flexibility index (Phi) is 3.06. The quantitative estimate of drug-likeness (QED) is 0.775. The summed E-state index contributed by atoms with van der Waals surface area (Å²) >= 11 is 11.9. The van der Waals surface area contributed by atoms with E-state index in [0.29, 0.717) is 10.0 Å². The molecular weight excluding hydrogens is 195 g/mol. The molecule has 0 spiro atoms. The minimum atomic E-state index is 0.620. The first-order chi connectivity index (χ1) is 5.69. The Morgan fingerprint density at radius 3 is 1.83 bits per heavy atom. The van der Waals surface area contributed by atoms with Crippen LogP contribution in [0.25, 0.3) is 0 Å². The van der Waals surface area contributed by atoms with E-state index in [9.17, 15) is 0 Å². The van der Waals surface area contributed by atoms with Gasteiger partial charge in [-0.25, -0.2) is 0 Å². The van der Waals surface area contributed by atoms with Crippen LogP contribution >= 0.6 is 23.2 Å². The van der Waals surface area contributed by atoms with Gasteiger partial charge in [0.2, 0.25) is 0 Å². The molecule has 0 aliphatic rings. The molecule has 0 fully saturated rings. The lowest BCUT2D eigenvalue weighted by Gasteiger charge is -2.08. The normalized spacial score (nSPS) is 9.67. The molecular formula is C8H10Cl2N2. The largest absolute Gasteiger partial charge is 0.388 e. The first kappa shape index (κ1) is 9.49. The molecule has 1 rings (SSSR count). The van der Waals surface area contributed by atoms with Crippen LogP contribution in [0.4, 0.5) is 11.4 Å². The smallest absolute Gasteiger partial charge is 0.0717 e. The monoisotopic (exact) mass is 204 g/mol. The zero-order valence-corrected chi connectivity index (χ0v) is 8.42. The highest BCUT2D eigenvalue weighted by Crippen LogP contribution is 2.32. The predicted octanol–water partition coefficient (Wildman–Crippen LogP) is 3.08. The van der Waals surface area contributed by atoms with E-state index in [4.69, 9.17) is 23.2 Å². The fourth-order valence-electron chi connectivity index (χ4n) is 0.956. The summed E-state index contributed by atoms with van der Waals surface area (Å²) in [5, 5.41) is 7.13. The number of halogens is 2. The molecule has 1 aromatic carbocycles. The fraction of sp³-hybridized carbons (Fsp3) is 0.250. The molecule has 0 aromatic heterocycles. The lowest BCUT2D eigenvalue weighted by Crippen LogP contribution is -1.93. The van der Waals surface area contributed by atoms with E-state index in [-0.39, 0.29) is 0 Å². The maximum absolute atomic E-state index is 5.93. The number of hydrogen-bond acceptors (Lipinski definition) is 2. The van der Waals surface area contributed by atoms with Crippen molar-refractivity contribution in [1.82, 2.24) is 0 Å². The summed E-state index contributed by atoms with van der Waals surface area (Å²) in [5.41, 5.74) is 1.67. The first-order valence-corrected chi connectivity index (χ1v) is 4.29. The van der Waals surface area contributed by atoms with Crippen molar-refractivity contribution in [1.29, 1.82) is 0 Å². The molecule has 0 heterocycles. The highest BCUT2D eigenvalue weighted by molar-refractivity contribution is 6.39. The van der Waals surface area contributed by atoms with Gasteiger partial charge in [-0.15, -0.1) is 0 Å². The highest BCUT2D eigenvalue weighted by atomic mass is 35.5. The van der Waals surface area contributed by atoms with Gasteiger partial charge in [-0.2, -0.15) is 0 Å². The Morgan fingerprint density at radius 1 is 1.00 bits per heavy atom. The van der Waals surface area contributed by atoms with Crippen LogP contribution in [-0.4, -0.2) is 14.1 Å². The molecule has 66 valence electrons. The maximum Gasteiger partial charge on any atom is 0.0717 e. The molecule has 2 N–H and O–H groups in total. The van der Waals surface area contributed by atoms with E-state index in [0.717, 1.165) is 11.4 Å². The highest BCUT2D eigenvalue weighted by Gasteiger charge is 2.04. The summed E-state index contributed by atoms with van der Waals surface area (Å²) < 4.78 is 0. The molecule has 0 radical (unpaired) electrons. The van der Waals surface area contributed by atoms with E-state index in [2.05, 4.69) is 10.6 Å². The number of anilines is 2. The van der Waals surface area contributed by atoms with Crippen LogP contribution in [0, 0.1) is 0 Å². The minimum absolute atomic E-state index is 0.620. The van der Waals surface area contributed by atoms with E-state index >= 15 is 0 Å². The second-order valence-electron chi connectivity index (χ2n) is 2.31. The minimum Gasteiger partial charge on any atom is -0.388 e. The third kappa shape index (κ3) is 1.76. The van der Waals surface area contributed by atoms with E-state index in [1.165, 1.54) is 0 Å².